The molecule has 1 aliphatic carbocycles. The van der Waals surface area contributed by atoms with E-state index in [1.54, 1.807) is 4.57 Å². The predicted octanol–water partition coefficient (Wildman–Crippen LogP) is 0.00960. The molecule has 2 aromatic rings. The highest BCUT2D eigenvalue weighted by molar-refractivity contribution is 6.18. The average Bonchev–Trinajstić information content (AvgIpc) is 3.29. The fourth-order valence-electron chi connectivity index (χ4n) is 3.51. The number of ether oxygens (including phenoxy) is 1. The molecule has 4 N–H and O–H groups in total. The van der Waals surface area contributed by atoms with Gasteiger partial charge in [-0.2, -0.15) is 0 Å². The molecule has 0 amide bonds. The number of halogens is 1. The lowest BCUT2D eigenvalue weighted by Crippen LogP contribution is -2.32. The topological polar surface area (TPSA) is 126 Å². The Hall–Kier alpha value is -1.52. The molecular weight excluding hydrogens is 350 g/mol. The van der Waals surface area contributed by atoms with E-state index in [1.165, 1.54) is 12.7 Å². The largest absolute Gasteiger partial charge is 0.391 e. The average molecular weight is 370 g/mol. The molecule has 4 rings (SSSR count). The first kappa shape index (κ1) is 16.9. The highest BCUT2D eigenvalue weighted by Gasteiger charge is 2.44. The fourth-order valence-corrected chi connectivity index (χ4v) is 3.77. The summed E-state index contributed by atoms with van der Waals surface area (Å²) >= 11 is 5.77. The Morgan fingerprint density at radius 3 is 2.72 bits per heavy atom. The van der Waals surface area contributed by atoms with Crippen molar-refractivity contribution in [3.8, 4) is 0 Å². The lowest BCUT2D eigenvalue weighted by atomic mass is 10.1. The van der Waals surface area contributed by atoms with Crippen molar-refractivity contribution in [2.24, 2.45) is 0 Å². The van der Waals surface area contributed by atoms with Crippen molar-refractivity contribution in [2.45, 2.75) is 55.9 Å². The number of aliphatic hydroxyl groups is 3. The van der Waals surface area contributed by atoms with Gasteiger partial charge in [0.25, 0.3) is 0 Å². The normalized spacial score (nSPS) is 35.5. The lowest BCUT2D eigenvalue weighted by Gasteiger charge is -2.18. The van der Waals surface area contributed by atoms with Gasteiger partial charge in [0.05, 0.1) is 24.4 Å². The van der Waals surface area contributed by atoms with Crippen LogP contribution in [0.1, 0.15) is 25.5 Å². The number of fused-ring (bicyclic) bond motifs is 1. The van der Waals surface area contributed by atoms with Crippen molar-refractivity contribution in [1.29, 1.82) is 0 Å². The highest BCUT2D eigenvalue weighted by atomic mass is 35.5. The van der Waals surface area contributed by atoms with Crippen LogP contribution in [0.4, 0.5) is 5.82 Å². The molecule has 0 aromatic carbocycles. The molecule has 10 heteroatoms. The van der Waals surface area contributed by atoms with Crippen LogP contribution in [-0.4, -0.2) is 71.2 Å². The van der Waals surface area contributed by atoms with Gasteiger partial charge >= 0.3 is 0 Å². The monoisotopic (exact) mass is 369 g/mol. The van der Waals surface area contributed by atoms with Crippen molar-refractivity contribution in [3.63, 3.8) is 0 Å². The zero-order chi connectivity index (χ0) is 17.6. The highest BCUT2D eigenvalue weighted by Crippen LogP contribution is 2.33. The van der Waals surface area contributed by atoms with Crippen LogP contribution < -0.4 is 5.32 Å². The van der Waals surface area contributed by atoms with Crippen LogP contribution in [0, 0.1) is 0 Å². The van der Waals surface area contributed by atoms with Crippen molar-refractivity contribution in [2.75, 3.05) is 11.2 Å². The van der Waals surface area contributed by atoms with Crippen LogP contribution in [0.3, 0.4) is 0 Å². The molecule has 1 unspecified atom stereocenters. The van der Waals surface area contributed by atoms with E-state index in [9.17, 15) is 15.3 Å². The van der Waals surface area contributed by atoms with Gasteiger partial charge < -0.3 is 25.4 Å². The molecule has 2 fully saturated rings. The van der Waals surface area contributed by atoms with Crippen molar-refractivity contribution in [3.05, 3.63) is 12.7 Å². The maximum atomic E-state index is 10.2. The van der Waals surface area contributed by atoms with Crippen LogP contribution in [-0.2, 0) is 4.74 Å². The number of nitrogens with zero attached hydrogens (tertiary/aromatic N) is 4. The van der Waals surface area contributed by atoms with E-state index in [2.05, 4.69) is 20.3 Å². The number of rotatable bonds is 4. The van der Waals surface area contributed by atoms with Crippen molar-refractivity contribution < 1.29 is 20.1 Å². The maximum absolute atomic E-state index is 10.2. The van der Waals surface area contributed by atoms with E-state index < -0.39 is 30.6 Å². The van der Waals surface area contributed by atoms with E-state index in [0.717, 1.165) is 19.3 Å². The first-order chi connectivity index (χ1) is 12.1. The smallest absolute Gasteiger partial charge is 0.167 e. The second-order valence-electron chi connectivity index (χ2n) is 6.50. The van der Waals surface area contributed by atoms with Gasteiger partial charge in [0.15, 0.2) is 23.2 Å². The van der Waals surface area contributed by atoms with E-state index in [-0.39, 0.29) is 11.9 Å². The van der Waals surface area contributed by atoms with E-state index >= 15 is 0 Å². The molecule has 136 valence electrons. The third-order valence-electron chi connectivity index (χ3n) is 4.92. The van der Waals surface area contributed by atoms with Gasteiger partial charge in [-0.1, -0.05) is 0 Å². The van der Waals surface area contributed by atoms with Gasteiger partial charge in [-0.25, -0.2) is 15.0 Å². The predicted molar refractivity (Wildman–Crippen MR) is 89.2 cm³/mol. The number of alkyl halides is 1. The number of imidazole rings is 1. The molecule has 9 nitrogen and oxygen atoms in total. The maximum Gasteiger partial charge on any atom is 0.167 e. The quantitative estimate of drug-likeness (QED) is 0.555. The molecule has 3 heterocycles. The molecule has 0 spiro atoms. The van der Waals surface area contributed by atoms with Gasteiger partial charge in [0, 0.05) is 0 Å². The minimum absolute atomic E-state index is 0.0704. The molecular formula is C15H20ClN5O4. The molecule has 25 heavy (non-hydrogen) atoms. The first-order valence-electron chi connectivity index (χ1n) is 8.30. The minimum Gasteiger partial charge on any atom is -0.391 e. The molecule has 1 saturated heterocycles. The summed E-state index contributed by atoms with van der Waals surface area (Å²) in [5.74, 6) is 0.597. The third kappa shape index (κ3) is 2.85. The SMILES string of the molecule is O[C@@H]1[C@@H](CCl)OC(n2cnc3c(N[C@@H]4CCC[C@H]4O)ncnc32)[C@@H]1O. The molecule has 1 saturated carbocycles. The Morgan fingerprint density at radius 1 is 1.20 bits per heavy atom. The van der Waals surface area contributed by atoms with Gasteiger partial charge in [0.2, 0.25) is 0 Å². The number of hydrogen-bond acceptors (Lipinski definition) is 8. The van der Waals surface area contributed by atoms with Crippen LogP contribution >= 0.6 is 11.6 Å². The summed E-state index contributed by atoms with van der Waals surface area (Å²) < 4.78 is 7.21. The van der Waals surface area contributed by atoms with Gasteiger partial charge in [-0.3, -0.25) is 4.57 Å². The summed E-state index contributed by atoms with van der Waals surface area (Å²) in [5.41, 5.74) is 0.984. The van der Waals surface area contributed by atoms with Crippen LogP contribution in [0.15, 0.2) is 12.7 Å². The van der Waals surface area contributed by atoms with E-state index in [4.69, 9.17) is 16.3 Å². The molecule has 1 aliphatic heterocycles. The molecule has 2 aromatic heterocycles. The molecule has 2 aliphatic rings. The molecule has 6 atom stereocenters. The number of anilines is 1. The Kier molecular flexibility index (Phi) is 4.50. The van der Waals surface area contributed by atoms with Crippen molar-refractivity contribution >= 4 is 28.6 Å². The van der Waals surface area contributed by atoms with Crippen molar-refractivity contribution in [1.82, 2.24) is 19.5 Å². The third-order valence-corrected chi connectivity index (χ3v) is 5.23. The zero-order valence-corrected chi connectivity index (χ0v) is 14.1. The summed E-state index contributed by atoms with van der Waals surface area (Å²) in [6, 6.07) is -0.0704. The molecule has 0 radical (unpaired) electrons. The second kappa shape index (κ2) is 6.65. The van der Waals surface area contributed by atoms with Gasteiger partial charge in [-0.05, 0) is 19.3 Å². The van der Waals surface area contributed by atoms with Gasteiger partial charge in [-0.15, -0.1) is 11.6 Å². The fraction of sp³-hybridized carbons (Fsp3) is 0.667. The number of aromatic nitrogens is 4. The van der Waals surface area contributed by atoms with Crippen LogP contribution in [0.2, 0.25) is 0 Å². The number of nitrogens with one attached hydrogen (secondary N) is 1. The van der Waals surface area contributed by atoms with Crippen LogP contribution in [0.5, 0.6) is 0 Å². The van der Waals surface area contributed by atoms with E-state index in [0.29, 0.717) is 17.0 Å². The number of hydrogen-bond donors (Lipinski definition) is 4. The van der Waals surface area contributed by atoms with Crippen LogP contribution in [0.25, 0.3) is 11.2 Å². The summed E-state index contributed by atoms with van der Waals surface area (Å²) in [5, 5.41) is 33.5. The zero-order valence-electron chi connectivity index (χ0n) is 13.4. The summed E-state index contributed by atoms with van der Waals surface area (Å²) in [6.07, 6.45) is 1.36. The molecule has 0 bridgehead atoms. The summed E-state index contributed by atoms with van der Waals surface area (Å²) in [6.45, 7) is 0. The van der Waals surface area contributed by atoms with Gasteiger partial charge in [0.1, 0.15) is 24.6 Å². The summed E-state index contributed by atoms with van der Waals surface area (Å²) in [4.78, 5) is 12.8. The summed E-state index contributed by atoms with van der Waals surface area (Å²) in [7, 11) is 0. The number of aliphatic hydroxyl groups excluding tert-OH is 3. The lowest BCUT2D eigenvalue weighted by molar-refractivity contribution is -0.0291. The Morgan fingerprint density at radius 2 is 2.04 bits per heavy atom. The first-order valence-corrected chi connectivity index (χ1v) is 8.83. The standard InChI is InChI=1S/C15H20ClN5O4/c16-4-9-11(23)12(24)15(25-9)21-6-19-10-13(17-5-18-14(10)21)20-7-2-1-3-8(7)22/h5-9,11-12,15,22-24H,1-4H2,(H,17,18,20)/t7-,8-,9-,11-,12-,15?/m1/s1. The minimum atomic E-state index is -1.14. The second-order valence-corrected chi connectivity index (χ2v) is 6.80. The Balaban J connectivity index is 1.65. The Labute approximate surface area is 148 Å². The Bertz CT molecular complexity index is 759. The van der Waals surface area contributed by atoms with E-state index in [1.807, 2.05) is 0 Å².